The predicted molar refractivity (Wildman–Crippen MR) is 193 cm³/mol. The second-order valence-corrected chi connectivity index (χ2v) is 13.5. The summed E-state index contributed by atoms with van der Waals surface area (Å²) in [6.45, 7) is 11.3. The van der Waals surface area contributed by atoms with Gasteiger partial charge in [-0.25, -0.2) is 0 Å². The Kier molecular flexibility index (Phi) is 5.84. The number of allylic oxidation sites excluding steroid dienone is 8. The summed E-state index contributed by atoms with van der Waals surface area (Å²) in [5.41, 5.74) is 16.8. The molecule has 4 bridgehead atoms. The first kappa shape index (κ1) is 27.4. The fraction of sp³-hybridized carbons (Fsp3) is 0.233. The molecule has 0 spiro atoms. The number of para-hydroxylation sites is 2. The monoisotopic (exact) mass is 598 g/mol. The molecule has 4 aliphatic heterocycles. The van der Waals surface area contributed by atoms with Crippen molar-refractivity contribution in [3.8, 4) is 0 Å². The smallest absolute Gasteiger partial charge is 0.218 e. The summed E-state index contributed by atoms with van der Waals surface area (Å²) in [5, 5.41) is 0. The molecule has 0 radical (unpaired) electrons. The van der Waals surface area contributed by atoms with Crippen molar-refractivity contribution in [2.24, 2.45) is 0 Å². The summed E-state index contributed by atoms with van der Waals surface area (Å²) in [4.78, 5) is 5.04. The molecular weight excluding hydrogens is 558 g/mol. The molecule has 2 atom stereocenters. The minimum Gasteiger partial charge on any atom is -0.344 e. The molecule has 9 rings (SSSR count). The van der Waals surface area contributed by atoms with Crippen LogP contribution in [0, 0.1) is 0 Å². The molecule has 46 heavy (non-hydrogen) atoms. The van der Waals surface area contributed by atoms with Crippen LogP contribution in [-0.4, -0.2) is 18.8 Å². The molecule has 0 amide bonds. The minimum atomic E-state index is -0.254. The second kappa shape index (κ2) is 9.80. The summed E-state index contributed by atoms with van der Waals surface area (Å²) >= 11 is 0. The summed E-state index contributed by atoms with van der Waals surface area (Å²) in [6.07, 6.45) is 11.8. The van der Waals surface area contributed by atoms with E-state index in [1.807, 2.05) is 0 Å². The van der Waals surface area contributed by atoms with E-state index in [2.05, 4.69) is 163 Å². The van der Waals surface area contributed by atoms with Crippen molar-refractivity contribution < 1.29 is 0 Å². The highest BCUT2D eigenvalue weighted by molar-refractivity contribution is 6.17. The molecule has 5 aliphatic rings. The number of hydrogen-bond donors (Lipinski definition) is 0. The Morgan fingerprint density at radius 1 is 0.565 bits per heavy atom. The van der Waals surface area contributed by atoms with Crippen LogP contribution in [0.15, 0.2) is 144 Å². The van der Waals surface area contributed by atoms with Crippen molar-refractivity contribution in [2.75, 3.05) is 22.9 Å². The third-order valence-electron chi connectivity index (χ3n) is 11.4. The highest BCUT2D eigenvalue weighted by Gasteiger charge is 2.47. The highest BCUT2D eigenvalue weighted by Crippen LogP contribution is 2.54. The van der Waals surface area contributed by atoms with Crippen molar-refractivity contribution >= 4 is 28.5 Å². The van der Waals surface area contributed by atoms with Crippen LogP contribution in [0.2, 0.25) is 0 Å². The molecule has 3 nitrogen and oxygen atoms in total. The van der Waals surface area contributed by atoms with Crippen LogP contribution in [0.25, 0.3) is 0 Å². The van der Waals surface area contributed by atoms with E-state index in [9.17, 15) is 0 Å². The largest absolute Gasteiger partial charge is 0.344 e. The van der Waals surface area contributed by atoms with Gasteiger partial charge in [0.15, 0.2) is 0 Å². The van der Waals surface area contributed by atoms with E-state index in [0.29, 0.717) is 0 Å². The van der Waals surface area contributed by atoms with E-state index >= 15 is 0 Å². The molecule has 0 aromatic heterocycles. The molecule has 1 saturated carbocycles. The molecule has 1 aliphatic carbocycles. The van der Waals surface area contributed by atoms with Crippen LogP contribution < -0.4 is 14.4 Å². The van der Waals surface area contributed by atoms with E-state index < -0.39 is 0 Å². The van der Waals surface area contributed by atoms with Gasteiger partial charge in [0.1, 0.15) is 0 Å². The van der Waals surface area contributed by atoms with Gasteiger partial charge in [0.2, 0.25) is 17.1 Å². The number of likely N-dealkylation sites (N-methyl/N-ethyl adjacent to an activating group) is 2. The second-order valence-electron chi connectivity index (χ2n) is 13.5. The molecule has 4 aromatic carbocycles. The van der Waals surface area contributed by atoms with Crippen LogP contribution in [0.1, 0.15) is 62.8 Å². The molecule has 0 N–H and O–H groups in total. The Morgan fingerprint density at radius 3 is 1.48 bits per heavy atom. The Morgan fingerprint density at radius 2 is 1.02 bits per heavy atom. The highest BCUT2D eigenvalue weighted by atomic mass is 15.2. The number of fused-ring (bicyclic) bond motifs is 14. The maximum absolute atomic E-state index is 2.55. The maximum atomic E-state index is 2.55. The average Bonchev–Trinajstić information content (AvgIpc) is 3.69. The minimum absolute atomic E-state index is 0.254. The zero-order valence-electron chi connectivity index (χ0n) is 27.2. The maximum Gasteiger partial charge on any atom is 0.218 e. The third-order valence-corrected chi connectivity index (χ3v) is 11.4. The van der Waals surface area contributed by atoms with Gasteiger partial charge in [-0.1, -0.05) is 72.8 Å². The lowest BCUT2D eigenvalue weighted by molar-refractivity contribution is 0.680. The van der Waals surface area contributed by atoms with Crippen LogP contribution >= 0.6 is 0 Å². The molecule has 2 unspecified atom stereocenters. The topological polar surface area (TPSA) is 9.49 Å². The first-order chi connectivity index (χ1) is 22.5. The summed E-state index contributed by atoms with van der Waals surface area (Å²) in [6, 6.07) is 36.7. The van der Waals surface area contributed by atoms with Gasteiger partial charge in [0.05, 0.1) is 10.8 Å². The molecule has 4 aromatic rings. The van der Waals surface area contributed by atoms with Gasteiger partial charge in [-0.05, 0) is 87.1 Å². The van der Waals surface area contributed by atoms with Crippen molar-refractivity contribution in [2.45, 2.75) is 51.4 Å². The van der Waals surface area contributed by atoms with Crippen molar-refractivity contribution in [1.29, 1.82) is 0 Å². The summed E-state index contributed by atoms with van der Waals surface area (Å²) in [5.74, 6) is 0. The molecule has 1 fully saturated rings. The average molecular weight is 599 g/mol. The Bertz CT molecular complexity index is 1970. The first-order valence-corrected chi connectivity index (χ1v) is 16.9. The Balaban J connectivity index is 1.36. The van der Waals surface area contributed by atoms with Gasteiger partial charge < -0.3 is 9.80 Å². The number of benzene rings is 4. The van der Waals surface area contributed by atoms with Gasteiger partial charge in [0.25, 0.3) is 0 Å². The van der Waals surface area contributed by atoms with E-state index in [4.69, 9.17) is 0 Å². The van der Waals surface area contributed by atoms with Gasteiger partial charge in [-0.3, -0.25) is 0 Å². The fourth-order valence-electron chi connectivity index (χ4n) is 9.14. The van der Waals surface area contributed by atoms with Crippen LogP contribution in [-0.2, 0) is 10.8 Å². The zero-order valence-corrected chi connectivity index (χ0v) is 27.2. The van der Waals surface area contributed by atoms with E-state index in [0.717, 1.165) is 25.9 Å². The molecular formula is C43H40N3+. The summed E-state index contributed by atoms with van der Waals surface area (Å²) < 4.78 is 2.55. The standard InChI is InChI=1S/C43H40N3/c1-5-44-37-19-9-7-17-35(37)42(3)31-13-11-15-33(27-31)46-34-16-12-14-32(28-34)43(4)36-18-8-10-20-38(36)45(6-2)40(43)26-24-30-22-21-29(41(30)46)23-25-39(42)44/h7-20,23-28H,5-6,21-22H2,1-4H3/q+1. The van der Waals surface area contributed by atoms with Crippen molar-refractivity contribution in [3.05, 3.63) is 166 Å². The summed E-state index contributed by atoms with van der Waals surface area (Å²) in [7, 11) is 0. The van der Waals surface area contributed by atoms with Crippen LogP contribution in [0.5, 0.6) is 0 Å². The lowest BCUT2D eigenvalue weighted by Crippen LogP contribution is -2.31. The zero-order chi connectivity index (χ0) is 31.2. The molecule has 0 saturated heterocycles. The van der Waals surface area contributed by atoms with Gasteiger partial charge in [-0.2, -0.15) is 4.58 Å². The van der Waals surface area contributed by atoms with Crippen LogP contribution in [0.4, 0.5) is 22.7 Å². The number of anilines is 2. The molecule has 3 heteroatoms. The normalized spacial score (nSPS) is 26.0. The van der Waals surface area contributed by atoms with E-state index in [-0.39, 0.29) is 10.8 Å². The van der Waals surface area contributed by atoms with Gasteiger partial charge in [0, 0.05) is 71.3 Å². The Labute approximate surface area is 272 Å². The van der Waals surface area contributed by atoms with Crippen LogP contribution in [0.3, 0.4) is 0 Å². The lowest BCUT2D eigenvalue weighted by Gasteiger charge is -2.31. The van der Waals surface area contributed by atoms with Crippen molar-refractivity contribution in [1.82, 2.24) is 4.58 Å². The van der Waals surface area contributed by atoms with Crippen molar-refractivity contribution in [3.63, 3.8) is 0 Å². The number of nitrogens with zero attached hydrogens (tertiary/aromatic N) is 3. The molecule has 226 valence electrons. The Hall–Kier alpha value is -4.89. The van der Waals surface area contributed by atoms with Gasteiger partial charge in [-0.15, -0.1) is 0 Å². The van der Waals surface area contributed by atoms with E-state index in [1.165, 1.54) is 73.3 Å². The first-order valence-electron chi connectivity index (χ1n) is 16.9. The lowest BCUT2D eigenvalue weighted by atomic mass is 9.74. The fourth-order valence-corrected chi connectivity index (χ4v) is 9.14. The van der Waals surface area contributed by atoms with E-state index in [1.54, 1.807) is 0 Å². The van der Waals surface area contributed by atoms with Gasteiger partial charge >= 0.3 is 0 Å². The quantitative estimate of drug-likeness (QED) is 0.213. The SMILES string of the molecule is CCN1C2=CC=C3CC/C4=C\C=C5\N(CC)c6ccccc6C5(C)c5cccc(c5)[N+](=C34)c3cccc(c3)C2(C)c2ccccc21. The predicted octanol–water partition coefficient (Wildman–Crippen LogP) is 9.70. The number of hydrogen-bond acceptors (Lipinski definition) is 2. The molecule has 4 heterocycles. The third kappa shape index (κ3) is 3.46. The number of rotatable bonds is 2.